The van der Waals surface area contributed by atoms with Crippen molar-refractivity contribution in [2.75, 3.05) is 19.0 Å². The van der Waals surface area contributed by atoms with Crippen LogP contribution in [0.4, 0.5) is 0 Å². The van der Waals surface area contributed by atoms with Crippen LogP contribution in [0.5, 0.6) is 0 Å². The van der Waals surface area contributed by atoms with Crippen molar-refractivity contribution in [2.24, 2.45) is 0 Å². The van der Waals surface area contributed by atoms with E-state index in [2.05, 4.69) is 19.9 Å². The molecule has 4 N–H and O–H groups in total. The number of unbranched alkanes of at least 4 members (excludes halogenated alkanes) is 22. The molecule has 0 aromatic heterocycles. The molecule has 324 valence electrons. The fourth-order valence-corrected chi connectivity index (χ4v) is 7.39. The van der Waals surface area contributed by atoms with E-state index in [4.69, 9.17) is 18.9 Å². The van der Waals surface area contributed by atoms with Crippen molar-refractivity contribution in [2.45, 2.75) is 224 Å². The van der Waals surface area contributed by atoms with Crippen molar-refractivity contribution in [3.8, 4) is 0 Å². The Balaban J connectivity index is 2.48. The van der Waals surface area contributed by atoms with Gasteiger partial charge < -0.3 is 34.3 Å². The maximum absolute atomic E-state index is 12.8. The Morgan fingerprint density at radius 1 is 0.600 bits per heavy atom. The zero-order valence-electron chi connectivity index (χ0n) is 34.3. The second-order valence-corrected chi connectivity index (χ2v) is 16.9. The predicted octanol–water partition coefficient (Wildman–Crippen LogP) is 8.28. The van der Waals surface area contributed by atoms with Crippen molar-refractivity contribution in [1.82, 2.24) is 0 Å². The van der Waals surface area contributed by atoms with Gasteiger partial charge in [-0.05, 0) is 25.7 Å². The fourth-order valence-electron chi connectivity index (χ4n) is 6.69. The van der Waals surface area contributed by atoms with E-state index in [0.717, 1.165) is 32.1 Å². The topological polar surface area (TPSA) is 186 Å². The smallest absolute Gasteiger partial charge is 0.306 e. The summed E-state index contributed by atoms with van der Waals surface area (Å²) in [5.74, 6) is -2.03. The number of rotatable bonds is 36. The molecule has 2 unspecified atom stereocenters. The van der Waals surface area contributed by atoms with Crippen LogP contribution in [0.1, 0.15) is 187 Å². The molecule has 13 heteroatoms. The molecule has 0 spiro atoms. The normalized spacial score (nSPS) is 20.9. The van der Waals surface area contributed by atoms with Crippen LogP contribution in [0.3, 0.4) is 0 Å². The van der Waals surface area contributed by atoms with E-state index in [1.807, 2.05) is 6.08 Å². The SMILES string of the molecule is CCCCCCCCCCCCC/C=C/CCC(=O)OC[C@H](CO[C@H]1O[C@H](CS(=O)(=O)O)[C@@H](O)C(O)C1O)OC(=O)CCCCCCCCCCCCCC. The van der Waals surface area contributed by atoms with E-state index in [1.165, 1.54) is 116 Å². The molecule has 1 aliphatic heterocycles. The summed E-state index contributed by atoms with van der Waals surface area (Å²) in [7, 11) is -4.60. The molecule has 0 bridgehead atoms. The van der Waals surface area contributed by atoms with Gasteiger partial charge in [-0.1, -0.05) is 161 Å². The number of hydrogen-bond acceptors (Lipinski definition) is 11. The molecular formula is C42H78O12S. The standard InChI is InChI=1S/C42H78O12S/c1-3-5-7-9-11-13-15-17-18-19-21-22-24-26-28-30-37(43)51-32-35(33-52-42-41(47)40(46)39(45)36(54-42)34-55(48,49)50)53-38(44)31-29-27-25-23-20-16-14-12-10-8-6-4-2/h24,26,35-36,39-42,45-47H,3-23,25,27-34H2,1-2H3,(H,48,49,50)/b26-24+/t35-,36-,39-,40?,41?,42+/m1/s1. The van der Waals surface area contributed by atoms with Crippen LogP contribution in [-0.2, 0) is 38.7 Å². The molecule has 0 amide bonds. The van der Waals surface area contributed by atoms with Gasteiger partial charge in [0.2, 0.25) is 0 Å². The first-order valence-corrected chi connectivity index (χ1v) is 23.4. The van der Waals surface area contributed by atoms with Gasteiger partial charge in [0.05, 0.1) is 6.61 Å². The molecule has 1 aliphatic rings. The van der Waals surface area contributed by atoms with Crippen LogP contribution in [0.15, 0.2) is 12.2 Å². The monoisotopic (exact) mass is 807 g/mol. The van der Waals surface area contributed by atoms with Gasteiger partial charge >= 0.3 is 11.9 Å². The summed E-state index contributed by atoms with van der Waals surface area (Å²) in [5, 5.41) is 30.8. The minimum absolute atomic E-state index is 0.140. The lowest BCUT2D eigenvalue weighted by molar-refractivity contribution is -0.297. The predicted molar refractivity (Wildman–Crippen MR) is 215 cm³/mol. The largest absolute Gasteiger partial charge is 0.462 e. The van der Waals surface area contributed by atoms with Crippen LogP contribution < -0.4 is 0 Å². The van der Waals surface area contributed by atoms with Crippen LogP contribution in [0.25, 0.3) is 0 Å². The molecule has 1 rings (SSSR count). The fraction of sp³-hybridized carbons (Fsp3) is 0.905. The number of hydrogen-bond donors (Lipinski definition) is 4. The zero-order valence-corrected chi connectivity index (χ0v) is 35.1. The van der Waals surface area contributed by atoms with Gasteiger partial charge in [0, 0.05) is 12.8 Å². The summed E-state index contributed by atoms with van der Waals surface area (Å²) < 4.78 is 53.9. The number of ether oxygens (including phenoxy) is 4. The van der Waals surface area contributed by atoms with Crippen molar-refractivity contribution in [1.29, 1.82) is 0 Å². The van der Waals surface area contributed by atoms with Gasteiger partial charge in [-0.2, -0.15) is 8.42 Å². The van der Waals surface area contributed by atoms with Crippen LogP contribution in [-0.4, -0.2) is 96.0 Å². The van der Waals surface area contributed by atoms with Crippen molar-refractivity contribution in [3.05, 3.63) is 12.2 Å². The highest BCUT2D eigenvalue weighted by molar-refractivity contribution is 7.85. The quantitative estimate of drug-likeness (QED) is 0.0206. The first-order chi connectivity index (χ1) is 26.5. The van der Waals surface area contributed by atoms with E-state index in [-0.39, 0.29) is 19.4 Å². The molecule has 12 nitrogen and oxygen atoms in total. The number of allylic oxidation sites excluding steroid dienone is 2. The third-order valence-corrected chi connectivity index (χ3v) is 10.9. The highest BCUT2D eigenvalue weighted by atomic mass is 32.2. The average Bonchev–Trinajstić information content (AvgIpc) is 3.14. The van der Waals surface area contributed by atoms with Crippen LogP contribution in [0, 0.1) is 0 Å². The lowest BCUT2D eigenvalue weighted by Crippen LogP contribution is -2.60. The Labute approximate surface area is 333 Å². The summed E-state index contributed by atoms with van der Waals surface area (Å²) in [4.78, 5) is 25.3. The molecule has 1 fully saturated rings. The van der Waals surface area contributed by atoms with Gasteiger partial charge in [0.25, 0.3) is 10.1 Å². The second-order valence-electron chi connectivity index (χ2n) is 15.4. The summed E-state index contributed by atoms with van der Waals surface area (Å²) in [6, 6.07) is 0. The molecule has 0 saturated carbocycles. The highest BCUT2D eigenvalue weighted by Crippen LogP contribution is 2.24. The Bertz CT molecular complexity index is 1080. The Morgan fingerprint density at radius 2 is 1.07 bits per heavy atom. The van der Waals surface area contributed by atoms with E-state index >= 15 is 0 Å². The Hall–Kier alpha value is -1.61. The second kappa shape index (κ2) is 33.4. The van der Waals surface area contributed by atoms with Crippen molar-refractivity contribution >= 4 is 22.1 Å². The summed E-state index contributed by atoms with van der Waals surface area (Å²) in [5.41, 5.74) is 0. The number of aliphatic hydroxyl groups excluding tert-OH is 3. The lowest BCUT2D eigenvalue weighted by Gasteiger charge is -2.40. The van der Waals surface area contributed by atoms with Crippen molar-refractivity contribution < 1.29 is 56.8 Å². The molecule has 0 radical (unpaired) electrons. The van der Waals surface area contributed by atoms with Crippen LogP contribution in [0.2, 0.25) is 0 Å². The van der Waals surface area contributed by atoms with Crippen LogP contribution >= 0.6 is 0 Å². The van der Waals surface area contributed by atoms with Gasteiger partial charge in [0.15, 0.2) is 12.4 Å². The molecule has 6 atom stereocenters. The zero-order chi connectivity index (χ0) is 40.6. The summed E-state index contributed by atoms with van der Waals surface area (Å²) >= 11 is 0. The van der Waals surface area contributed by atoms with Gasteiger partial charge in [-0.15, -0.1) is 0 Å². The molecule has 1 saturated heterocycles. The number of esters is 2. The first-order valence-electron chi connectivity index (χ1n) is 21.7. The number of aliphatic hydroxyl groups is 3. The number of carbonyl (C=O) groups excluding carboxylic acids is 2. The minimum Gasteiger partial charge on any atom is -0.462 e. The average molecular weight is 807 g/mol. The molecule has 55 heavy (non-hydrogen) atoms. The lowest BCUT2D eigenvalue weighted by atomic mass is 10.00. The van der Waals surface area contributed by atoms with E-state index in [9.17, 15) is 37.9 Å². The first kappa shape index (κ1) is 51.4. The van der Waals surface area contributed by atoms with Crippen molar-refractivity contribution in [3.63, 3.8) is 0 Å². The Kier molecular flexibility index (Phi) is 31.2. The third kappa shape index (κ3) is 28.4. The van der Waals surface area contributed by atoms with E-state index in [0.29, 0.717) is 12.8 Å². The van der Waals surface area contributed by atoms with Gasteiger partial charge in [-0.3, -0.25) is 14.1 Å². The van der Waals surface area contributed by atoms with Gasteiger partial charge in [0.1, 0.15) is 36.8 Å². The van der Waals surface area contributed by atoms with E-state index < -0.39 is 71.2 Å². The number of carbonyl (C=O) groups is 2. The maximum Gasteiger partial charge on any atom is 0.306 e. The molecule has 0 aromatic rings. The molecule has 1 heterocycles. The molecule has 0 aliphatic carbocycles. The molecule has 0 aromatic carbocycles. The van der Waals surface area contributed by atoms with E-state index in [1.54, 1.807) is 0 Å². The Morgan fingerprint density at radius 3 is 1.58 bits per heavy atom. The highest BCUT2D eigenvalue weighted by Gasteiger charge is 2.46. The summed E-state index contributed by atoms with van der Waals surface area (Å²) in [6.07, 6.45) is 24.2. The molecular weight excluding hydrogens is 729 g/mol. The summed E-state index contributed by atoms with van der Waals surface area (Å²) in [6.45, 7) is 3.72. The maximum atomic E-state index is 12.8. The third-order valence-electron chi connectivity index (χ3n) is 10.1. The van der Waals surface area contributed by atoms with Gasteiger partial charge in [-0.25, -0.2) is 0 Å². The minimum atomic E-state index is -4.60.